The van der Waals surface area contributed by atoms with Crippen LogP contribution in [-0.2, 0) is 6.54 Å². The third kappa shape index (κ3) is 3.77. The zero-order valence-electron chi connectivity index (χ0n) is 13.0. The average Bonchev–Trinajstić information content (AvgIpc) is 2.60. The summed E-state index contributed by atoms with van der Waals surface area (Å²) in [4.78, 5) is 2.29. The zero-order chi connectivity index (χ0) is 16.2. The molecule has 0 radical (unpaired) electrons. The van der Waals surface area contributed by atoms with Crippen LogP contribution in [-0.4, -0.2) is 27.7 Å². The minimum absolute atomic E-state index is 0.0875. The molecule has 2 unspecified atom stereocenters. The number of aromatic hydroxyl groups is 1. The van der Waals surface area contributed by atoms with Crippen molar-refractivity contribution < 1.29 is 10.2 Å². The largest absolute Gasteiger partial charge is 0.506 e. The molecule has 1 heterocycles. The predicted octanol–water partition coefficient (Wildman–Crippen LogP) is 4.24. The SMILES string of the molecule is Oc1c(Br)cccc1CN1CCCCC1C(O)c1ccccc1. The molecule has 122 valence electrons. The van der Waals surface area contributed by atoms with Gasteiger partial charge in [-0.1, -0.05) is 48.9 Å². The van der Waals surface area contributed by atoms with Crippen LogP contribution in [0.4, 0.5) is 0 Å². The third-order valence-corrected chi connectivity index (χ3v) is 5.25. The number of hydrogen-bond donors (Lipinski definition) is 2. The van der Waals surface area contributed by atoms with Crippen LogP contribution < -0.4 is 0 Å². The Morgan fingerprint density at radius 1 is 1.09 bits per heavy atom. The Balaban J connectivity index is 1.80. The standard InChI is InChI=1S/C19H22BrNO2/c20-16-10-6-9-15(18(16)22)13-21-12-5-4-11-17(21)19(23)14-7-2-1-3-8-14/h1-3,6-10,17,19,22-23H,4-5,11-13H2. The van der Waals surface area contributed by atoms with Crippen molar-refractivity contribution in [1.82, 2.24) is 4.90 Å². The number of phenolic OH excluding ortho intramolecular Hbond substituents is 1. The van der Waals surface area contributed by atoms with Crippen molar-refractivity contribution in [3.8, 4) is 5.75 Å². The quantitative estimate of drug-likeness (QED) is 0.839. The van der Waals surface area contributed by atoms with E-state index in [0.717, 1.165) is 36.9 Å². The summed E-state index contributed by atoms with van der Waals surface area (Å²) in [6.45, 7) is 1.60. The molecular formula is C19H22BrNO2. The Morgan fingerprint density at radius 2 is 1.87 bits per heavy atom. The Hall–Kier alpha value is -1.36. The molecule has 4 heteroatoms. The van der Waals surface area contributed by atoms with Crippen molar-refractivity contribution >= 4 is 15.9 Å². The molecule has 1 fully saturated rings. The van der Waals surface area contributed by atoms with Crippen molar-refractivity contribution in [2.45, 2.75) is 38.0 Å². The Kier molecular flexibility index (Phi) is 5.36. The topological polar surface area (TPSA) is 43.7 Å². The van der Waals surface area contributed by atoms with Crippen LogP contribution in [0.3, 0.4) is 0 Å². The molecule has 1 aliphatic heterocycles. The molecule has 0 aromatic heterocycles. The highest BCUT2D eigenvalue weighted by molar-refractivity contribution is 9.10. The molecule has 23 heavy (non-hydrogen) atoms. The van der Waals surface area contributed by atoms with Crippen LogP contribution >= 0.6 is 15.9 Å². The van der Waals surface area contributed by atoms with E-state index in [0.29, 0.717) is 16.8 Å². The summed E-state index contributed by atoms with van der Waals surface area (Å²) in [5.41, 5.74) is 1.86. The van der Waals surface area contributed by atoms with Gasteiger partial charge in [0.25, 0.3) is 0 Å². The highest BCUT2D eigenvalue weighted by Gasteiger charge is 2.30. The van der Waals surface area contributed by atoms with Crippen molar-refractivity contribution in [3.05, 3.63) is 64.1 Å². The number of benzene rings is 2. The molecule has 0 aliphatic carbocycles. The number of nitrogens with zero attached hydrogens (tertiary/aromatic N) is 1. The predicted molar refractivity (Wildman–Crippen MR) is 95.3 cm³/mol. The summed E-state index contributed by atoms with van der Waals surface area (Å²) >= 11 is 3.37. The van der Waals surface area contributed by atoms with Gasteiger partial charge in [-0.25, -0.2) is 0 Å². The van der Waals surface area contributed by atoms with Gasteiger partial charge in [-0.05, 0) is 46.9 Å². The number of piperidine rings is 1. The van der Waals surface area contributed by atoms with Gasteiger partial charge in [0.2, 0.25) is 0 Å². The summed E-state index contributed by atoms with van der Waals surface area (Å²) < 4.78 is 0.715. The fraction of sp³-hybridized carbons (Fsp3) is 0.368. The number of likely N-dealkylation sites (tertiary alicyclic amines) is 1. The van der Waals surface area contributed by atoms with Crippen LogP contribution in [0.5, 0.6) is 5.75 Å². The van der Waals surface area contributed by atoms with Gasteiger partial charge in [0.15, 0.2) is 0 Å². The fourth-order valence-corrected chi connectivity index (χ4v) is 3.76. The Morgan fingerprint density at radius 3 is 2.65 bits per heavy atom. The number of para-hydroxylation sites is 1. The number of phenols is 1. The van der Waals surface area contributed by atoms with E-state index in [4.69, 9.17) is 0 Å². The summed E-state index contributed by atoms with van der Waals surface area (Å²) in [5, 5.41) is 21.0. The van der Waals surface area contributed by atoms with Gasteiger partial charge in [-0.2, -0.15) is 0 Å². The maximum atomic E-state index is 10.8. The molecular weight excluding hydrogens is 354 g/mol. The minimum Gasteiger partial charge on any atom is -0.506 e. The summed E-state index contributed by atoms with van der Waals surface area (Å²) in [5.74, 6) is 0.297. The van der Waals surface area contributed by atoms with E-state index in [-0.39, 0.29) is 6.04 Å². The van der Waals surface area contributed by atoms with Crippen LogP contribution in [0.15, 0.2) is 53.0 Å². The van der Waals surface area contributed by atoms with Crippen LogP contribution in [0.2, 0.25) is 0 Å². The lowest BCUT2D eigenvalue weighted by molar-refractivity contribution is 0.0199. The van der Waals surface area contributed by atoms with Gasteiger partial charge in [0.05, 0.1) is 10.6 Å². The number of hydrogen-bond acceptors (Lipinski definition) is 3. The van der Waals surface area contributed by atoms with E-state index in [1.807, 2.05) is 48.5 Å². The van der Waals surface area contributed by atoms with Crippen LogP contribution in [0.25, 0.3) is 0 Å². The molecule has 0 amide bonds. The first kappa shape index (κ1) is 16.5. The van der Waals surface area contributed by atoms with E-state index in [2.05, 4.69) is 20.8 Å². The lowest BCUT2D eigenvalue weighted by Crippen LogP contribution is -2.42. The summed E-state index contributed by atoms with van der Waals surface area (Å²) in [6.07, 6.45) is 2.75. The van der Waals surface area contributed by atoms with Gasteiger partial charge < -0.3 is 10.2 Å². The Bertz CT molecular complexity index is 647. The molecule has 2 aromatic rings. The summed E-state index contributed by atoms with van der Waals surface area (Å²) in [6, 6.07) is 15.7. The van der Waals surface area contributed by atoms with E-state index >= 15 is 0 Å². The first-order chi connectivity index (χ1) is 11.2. The lowest BCUT2D eigenvalue weighted by atomic mass is 9.92. The van der Waals surface area contributed by atoms with E-state index in [1.54, 1.807) is 0 Å². The van der Waals surface area contributed by atoms with Crippen LogP contribution in [0.1, 0.15) is 36.5 Å². The molecule has 0 bridgehead atoms. The van der Waals surface area contributed by atoms with Crippen molar-refractivity contribution in [1.29, 1.82) is 0 Å². The fourth-order valence-electron chi connectivity index (χ4n) is 3.35. The molecule has 2 atom stereocenters. The van der Waals surface area contributed by atoms with Crippen molar-refractivity contribution in [2.24, 2.45) is 0 Å². The minimum atomic E-state index is -0.495. The van der Waals surface area contributed by atoms with E-state index < -0.39 is 6.10 Å². The number of aliphatic hydroxyl groups excluding tert-OH is 1. The molecule has 2 N–H and O–H groups in total. The monoisotopic (exact) mass is 375 g/mol. The number of rotatable bonds is 4. The van der Waals surface area contributed by atoms with E-state index in [1.165, 1.54) is 0 Å². The second-order valence-electron chi connectivity index (χ2n) is 6.14. The smallest absolute Gasteiger partial charge is 0.134 e. The lowest BCUT2D eigenvalue weighted by Gasteiger charge is -2.38. The zero-order valence-corrected chi connectivity index (χ0v) is 14.6. The first-order valence-electron chi connectivity index (χ1n) is 8.10. The molecule has 2 aromatic carbocycles. The first-order valence-corrected chi connectivity index (χ1v) is 8.89. The van der Waals surface area contributed by atoms with Gasteiger partial charge in [-0.15, -0.1) is 0 Å². The number of halogens is 1. The third-order valence-electron chi connectivity index (χ3n) is 4.61. The number of aliphatic hydroxyl groups is 1. The molecule has 1 saturated heterocycles. The molecule has 3 rings (SSSR count). The van der Waals surface area contributed by atoms with Gasteiger partial charge >= 0.3 is 0 Å². The maximum absolute atomic E-state index is 10.8. The molecule has 0 spiro atoms. The second-order valence-corrected chi connectivity index (χ2v) is 6.99. The molecule has 3 nitrogen and oxygen atoms in total. The van der Waals surface area contributed by atoms with Gasteiger partial charge in [-0.3, -0.25) is 4.90 Å². The molecule has 0 saturated carbocycles. The van der Waals surface area contributed by atoms with Crippen molar-refractivity contribution in [3.63, 3.8) is 0 Å². The normalized spacial score (nSPS) is 20.3. The molecule has 1 aliphatic rings. The highest BCUT2D eigenvalue weighted by atomic mass is 79.9. The van der Waals surface area contributed by atoms with Crippen LogP contribution in [0, 0.1) is 0 Å². The van der Waals surface area contributed by atoms with Crippen molar-refractivity contribution in [2.75, 3.05) is 6.54 Å². The van der Waals surface area contributed by atoms with E-state index in [9.17, 15) is 10.2 Å². The average molecular weight is 376 g/mol. The van der Waals surface area contributed by atoms with Gasteiger partial charge in [0.1, 0.15) is 5.75 Å². The second kappa shape index (κ2) is 7.47. The summed E-state index contributed by atoms with van der Waals surface area (Å²) in [7, 11) is 0. The Labute approximate surface area is 145 Å². The maximum Gasteiger partial charge on any atom is 0.134 e. The van der Waals surface area contributed by atoms with Gasteiger partial charge in [0, 0.05) is 18.2 Å². The highest BCUT2D eigenvalue weighted by Crippen LogP contribution is 2.33.